The van der Waals surface area contributed by atoms with Crippen molar-refractivity contribution in [3.8, 4) is 0 Å². The fourth-order valence-electron chi connectivity index (χ4n) is 3.97. The number of carbonyl (C=O) groups is 2. The number of benzene rings is 2. The highest BCUT2D eigenvalue weighted by molar-refractivity contribution is 6.00. The van der Waals surface area contributed by atoms with Crippen molar-refractivity contribution in [2.75, 3.05) is 42.5 Å². The number of halogens is 1. The number of anilines is 2. The molecule has 8 nitrogen and oxygen atoms in total. The van der Waals surface area contributed by atoms with Gasteiger partial charge in [-0.1, -0.05) is 0 Å². The molecule has 0 aromatic heterocycles. The maximum atomic E-state index is 13.1. The Morgan fingerprint density at radius 1 is 0.967 bits per heavy atom. The van der Waals surface area contributed by atoms with E-state index in [1.165, 1.54) is 29.2 Å². The van der Waals surface area contributed by atoms with Crippen LogP contribution >= 0.6 is 0 Å². The number of nitro benzene ring substituents is 1. The van der Waals surface area contributed by atoms with E-state index in [-0.39, 0.29) is 29.7 Å². The zero-order valence-corrected chi connectivity index (χ0v) is 16.2. The quantitative estimate of drug-likeness (QED) is 0.569. The second-order valence-electron chi connectivity index (χ2n) is 7.47. The van der Waals surface area contributed by atoms with Crippen molar-refractivity contribution in [2.24, 2.45) is 5.92 Å². The first kappa shape index (κ1) is 19.8. The van der Waals surface area contributed by atoms with Gasteiger partial charge in [-0.15, -0.1) is 0 Å². The van der Waals surface area contributed by atoms with Gasteiger partial charge >= 0.3 is 0 Å². The number of nitrogens with zero attached hydrogens (tertiary/aromatic N) is 4. The van der Waals surface area contributed by atoms with E-state index in [0.29, 0.717) is 38.4 Å². The molecular weight excluding hydrogens is 391 g/mol. The van der Waals surface area contributed by atoms with E-state index in [0.717, 1.165) is 5.69 Å². The van der Waals surface area contributed by atoms with Crippen molar-refractivity contribution in [3.05, 3.63) is 64.5 Å². The number of nitro groups is 1. The van der Waals surface area contributed by atoms with Crippen LogP contribution in [0.2, 0.25) is 0 Å². The van der Waals surface area contributed by atoms with Gasteiger partial charge in [0, 0.05) is 62.7 Å². The zero-order valence-electron chi connectivity index (χ0n) is 16.2. The first-order valence-electron chi connectivity index (χ1n) is 9.76. The van der Waals surface area contributed by atoms with Gasteiger partial charge < -0.3 is 14.7 Å². The van der Waals surface area contributed by atoms with E-state index in [2.05, 4.69) is 4.90 Å². The van der Waals surface area contributed by atoms with E-state index in [9.17, 15) is 24.1 Å². The van der Waals surface area contributed by atoms with Gasteiger partial charge in [0.1, 0.15) is 5.82 Å². The lowest BCUT2D eigenvalue weighted by molar-refractivity contribution is -0.384. The normalized spacial score (nSPS) is 19.3. The molecule has 156 valence electrons. The maximum absolute atomic E-state index is 13.1. The van der Waals surface area contributed by atoms with Crippen LogP contribution in [0.4, 0.5) is 21.5 Å². The minimum atomic E-state index is -0.432. The third-order valence-electron chi connectivity index (χ3n) is 5.63. The number of hydrogen-bond donors (Lipinski definition) is 0. The molecule has 0 aliphatic carbocycles. The van der Waals surface area contributed by atoms with Crippen molar-refractivity contribution in [1.82, 2.24) is 4.90 Å². The fraction of sp³-hybridized carbons (Fsp3) is 0.333. The van der Waals surface area contributed by atoms with Crippen LogP contribution in [0.1, 0.15) is 6.42 Å². The Morgan fingerprint density at radius 2 is 1.57 bits per heavy atom. The molecule has 9 heteroatoms. The maximum Gasteiger partial charge on any atom is 0.269 e. The molecule has 1 atom stereocenters. The van der Waals surface area contributed by atoms with Gasteiger partial charge in [-0.3, -0.25) is 19.7 Å². The standard InChI is InChI=1S/C21H21FN4O4/c22-16-1-3-18(4-2-16)25-14-15(13-20(25)27)21(28)24-11-9-23(10-12-24)17-5-7-19(8-6-17)26(29)30/h1-8,15H,9-14H2/t15-/m0/s1. The van der Waals surface area contributed by atoms with Crippen molar-refractivity contribution >= 4 is 28.9 Å². The summed E-state index contributed by atoms with van der Waals surface area (Å²) in [6.45, 7) is 2.58. The summed E-state index contributed by atoms with van der Waals surface area (Å²) in [7, 11) is 0. The largest absolute Gasteiger partial charge is 0.368 e. The van der Waals surface area contributed by atoms with Crippen LogP contribution in [0.25, 0.3) is 0 Å². The van der Waals surface area contributed by atoms with Crippen LogP contribution in [-0.2, 0) is 9.59 Å². The average Bonchev–Trinajstić information content (AvgIpc) is 3.15. The molecule has 0 N–H and O–H groups in total. The van der Waals surface area contributed by atoms with Crippen molar-refractivity contribution in [3.63, 3.8) is 0 Å². The minimum Gasteiger partial charge on any atom is -0.368 e. The van der Waals surface area contributed by atoms with Crippen LogP contribution < -0.4 is 9.80 Å². The predicted octanol–water partition coefficient (Wildman–Crippen LogP) is 2.44. The molecule has 2 aliphatic rings. The van der Waals surface area contributed by atoms with Gasteiger partial charge in [0.15, 0.2) is 0 Å². The molecule has 2 aromatic rings. The molecule has 0 radical (unpaired) electrons. The summed E-state index contributed by atoms with van der Waals surface area (Å²) in [5, 5.41) is 10.8. The summed E-state index contributed by atoms with van der Waals surface area (Å²) in [4.78, 5) is 41.1. The molecule has 2 heterocycles. The van der Waals surface area contributed by atoms with Crippen molar-refractivity contribution in [1.29, 1.82) is 0 Å². The van der Waals surface area contributed by atoms with E-state index >= 15 is 0 Å². The van der Waals surface area contributed by atoms with Crippen molar-refractivity contribution in [2.45, 2.75) is 6.42 Å². The molecule has 2 aliphatic heterocycles. The van der Waals surface area contributed by atoms with E-state index in [4.69, 9.17) is 0 Å². The lowest BCUT2D eigenvalue weighted by Gasteiger charge is -2.37. The van der Waals surface area contributed by atoms with Crippen LogP contribution in [0.3, 0.4) is 0 Å². The Kier molecular flexibility index (Phi) is 5.35. The average molecular weight is 412 g/mol. The van der Waals surface area contributed by atoms with Crippen molar-refractivity contribution < 1.29 is 18.9 Å². The molecule has 2 aromatic carbocycles. The first-order valence-corrected chi connectivity index (χ1v) is 9.76. The molecule has 0 spiro atoms. The summed E-state index contributed by atoms with van der Waals surface area (Å²) in [6.07, 6.45) is 0.152. The molecular formula is C21H21FN4O4. The first-order chi connectivity index (χ1) is 14.4. The lowest BCUT2D eigenvalue weighted by atomic mass is 10.1. The van der Waals surface area contributed by atoms with Gasteiger partial charge in [0.25, 0.3) is 5.69 Å². The topological polar surface area (TPSA) is 87.0 Å². The second-order valence-corrected chi connectivity index (χ2v) is 7.47. The SMILES string of the molecule is O=C([C@H]1CC(=O)N(c2ccc(F)cc2)C1)N1CCN(c2ccc([N+](=O)[O-])cc2)CC1. The lowest BCUT2D eigenvalue weighted by Crippen LogP contribution is -2.50. The highest BCUT2D eigenvalue weighted by atomic mass is 19.1. The second kappa shape index (κ2) is 8.10. The molecule has 0 bridgehead atoms. The Morgan fingerprint density at radius 3 is 2.17 bits per heavy atom. The number of piperazine rings is 1. The molecule has 0 unspecified atom stereocenters. The fourth-order valence-corrected chi connectivity index (χ4v) is 3.97. The smallest absolute Gasteiger partial charge is 0.269 e. The minimum absolute atomic E-state index is 0.0451. The number of rotatable bonds is 4. The molecule has 2 saturated heterocycles. The number of amides is 2. The molecule has 4 rings (SSSR count). The van der Waals surface area contributed by atoms with Gasteiger partial charge in [0.2, 0.25) is 11.8 Å². The molecule has 2 amide bonds. The summed E-state index contributed by atoms with van der Waals surface area (Å²) in [5.74, 6) is -0.960. The van der Waals surface area contributed by atoms with Gasteiger partial charge in [-0.25, -0.2) is 4.39 Å². The third-order valence-corrected chi connectivity index (χ3v) is 5.63. The van der Waals surface area contributed by atoms with E-state index < -0.39 is 10.8 Å². The van der Waals surface area contributed by atoms with E-state index in [1.54, 1.807) is 29.2 Å². The third kappa shape index (κ3) is 3.96. The van der Waals surface area contributed by atoms with Gasteiger partial charge in [-0.2, -0.15) is 0 Å². The Labute approximate surface area is 172 Å². The predicted molar refractivity (Wildman–Crippen MR) is 109 cm³/mol. The highest BCUT2D eigenvalue weighted by Gasteiger charge is 2.38. The van der Waals surface area contributed by atoms with Crippen LogP contribution in [0.5, 0.6) is 0 Å². The molecule has 2 fully saturated rings. The summed E-state index contributed by atoms with van der Waals surface area (Å²) in [5.41, 5.74) is 1.52. The monoisotopic (exact) mass is 412 g/mol. The number of carbonyl (C=O) groups excluding carboxylic acids is 2. The Balaban J connectivity index is 1.34. The summed E-state index contributed by atoms with van der Waals surface area (Å²) < 4.78 is 13.1. The van der Waals surface area contributed by atoms with Gasteiger partial charge in [0.05, 0.1) is 10.8 Å². The Bertz CT molecular complexity index is 956. The number of hydrogen-bond acceptors (Lipinski definition) is 5. The highest BCUT2D eigenvalue weighted by Crippen LogP contribution is 2.27. The number of non-ortho nitro benzene ring substituents is 1. The van der Waals surface area contributed by atoms with Crippen LogP contribution in [-0.4, -0.2) is 54.4 Å². The van der Waals surface area contributed by atoms with Gasteiger partial charge in [-0.05, 0) is 36.4 Å². The summed E-state index contributed by atoms with van der Waals surface area (Å²) in [6, 6.07) is 12.1. The summed E-state index contributed by atoms with van der Waals surface area (Å²) >= 11 is 0. The molecule has 30 heavy (non-hydrogen) atoms. The van der Waals surface area contributed by atoms with E-state index in [1.807, 2.05) is 0 Å². The zero-order chi connectivity index (χ0) is 21.3. The van der Waals surface area contributed by atoms with Crippen LogP contribution in [0.15, 0.2) is 48.5 Å². The molecule has 0 saturated carbocycles. The van der Waals surface area contributed by atoms with Crippen LogP contribution in [0, 0.1) is 21.8 Å². The Hall–Kier alpha value is -3.49.